The van der Waals surface area contributed by atoms with E-state index in [1.54, 1.807) is 6.20 Å². The number of hydrogen-bond acceptors (Lipinski definition) is 3. The van der Waals surface area contributed by atoms with E-state index >= 15 is 0 Å². The first-order valence-corrected chi connectivity index (χ1v) is 11.0. The fourth-order valence-electron chi connectivity index (χ4n) is 4.12. The molecule has 2 N–H and O–H groups in total. The van der Waals surface area contributed by atoms with Gasteiger partial charge < -0.3 is 20.1 Å². The number of hydrogen-bond donors (Lipinski definition) is 2. The lowest BCUT2D eigenvalue weighted by Crippen LogP contribution is -2.33. The summed E-state index contributed by atoms with van der Waals surface area (Å²) in [4.78, 5) is 19.3. The molecule has 1 aliphatic rings. The summed E-state index contributed by atoms with van der Waals surface area (Å²) in [6.07, 6.45) is 4.22. The van der Waals surface area contributed by atoms with Crippen molar-refractivity contribution in [2.24, 2.45) is 0 Å². The third-order valence-electron chi connectivity index (χ3n) is 5.59. The Bertz CT molecular complexity index is 1060. The molecule has 1 aliphatic heterocycles. The van der Waals surface area contributed by atoms with Gasteiger partial charge in [0.2, 0.25) is 5.91 Å². The second kappa shape index (κ2) is 9.31. The van der Waals surface area contributed by atoms with Crippen LogP contribution in [0.25, 0.3) is 0 Å². The molecule has 1 fully saturated rings. The van der Waals surface area contributed by atoms with Gasteiger partial charge in [-0.1, -0.05) is 18.2 Å². The van der Waals surface area contributed by atoms with Crippen LogP contribution in [0.3, 0.4) is 0 Å². The Hall–Kier alpha value is -3.19. The summed E-state index contributed by atoms with van der Waals surface area (Å²) in [5.74, 6) is -0.0284. The van der Waals surface area contributed by atoms with Crippen molar-refractivity contribution in [2.45, 2.75) is 38.9 Å². The highest BCUT2D eigenvalue weighted by Gasteiger charge is 2.40. The first-order valence-electron chi connectivity index (χ1n) is 10.6. The van der Waals surface area contributed by atoms with Crippen LogP contribution in [0.1, 0.15) is 42.4 Å². The van der Waals surface area contributed by atoms with E-state index in [9.17, 15) is 4.79 Å². The Labute approximate surface area is 188 Å². The van der Waals surface area contributed by atoms with E-state index in [0.29, 0.717) is 18.1 Å². The number of thiocarbonyl (C=S) groups is 1. The highest BCUT2D eigenvalue weighted by atomic mass is 32.1. The Morgan fingerprint density at radius 1 is 1.19 bits per heavy atom. The summed E-state index contributed by atoms with van der Waals surface area (Å²) in [5.41, 5.74) is 4.02. The Morgan fingerprint density at radius 3 is 2.81 bits per heavy atom. The highest BCUT2D eigenvalue weighted by molar-refractivity contribution is 7.80. The summed E-state index contributed by atoms with van der Waals surface area (Å²) < 4.78 is 2.22. The Balaban J connectivity index is 1.54. The Morgan fingerprint density at radius 2 is 2.06 bits per heavy atom. The van der Waals surface area contributed by atoms with Gasteiger partial charge in [0.1, 0.15) is 0 Å². The van der Waals surface area contributed by atoms with Crippen molar-refractivity contribution < 1.29 is 4.79 Å². The summed E-state index contributed by atoms with van der Waals surface area (Å²) in [6, 6.07) is 17.8. The van der Waals surface area contributed by atoms with Gasteiger partial charge in [-0.25, -0.2) is 0 Å². The van der Waals surface area contributed by atoms with Crippen molar-refractivity contribution in [1.82, 2.24) is 19.8 Å². The highest BCUT2D eigenvalue weighted by Crippen LogP contribution is 2.38. The Kier molecular flexibility index (Phi) is 6.32. The van der Waals surface area contributed by atoms with Gasteiger partial charge in [0.25, 0.3) is 0 Å². The first kappa shape index (κ1) is 21.1. The third-order valence-corrected chi connectivity index (χ3v) is 5.94. The normalized spacial score (nSPS) is 18.1. The van der Waals surface area contributed by atoms with E-state index in [1.165, 1.54) is 0 Å². The van der Waals surface area contributed by atoms with Gasteiger partial charge in [-0.05, 0) is 68.0 Å². The van der Waals surface area contributed by atoms with Crippen LogP contribution in [0.2, 0.25) is 0 Å². The van der Waals surface area contributed by atoms with E-state index in [2.05, 4.69) is 50.3 Å². The molecule has 0 spiro atoms. The molecule has 3 aromatic rings. The predicted octanol–water partition coefficient (Wildman–Crippen LogP) is 4.21. The molecule has 4 rings (SSSR count). The number of nitrogens with one attached hydrogen (secondary N) is 2. The summed E-state index contributed by atoms with van der Waals surface area (Å²) >= 11 is 5.69. The largest absolute Gasteiger partial charge is 0.352 e. The molecule has 0 bridgehead atoms. The van der Waals surface area contributed by atoms with Crippen molar-refractivity contribution in [3.8, 4) is 0 Å². The number of rotatable bonds is 7. The maximum absolute atomic E-state index is 12.6. The first-order chi connectivity index (χ1) is 15.1. The molecule has 7 heteroatoms. The molecule has 0 saturated carbocycles. The number of pyridine rings is 1. The fourth-order valence-corrected chi connectivity index (χ4v) is 4.45. The zero-order valence-corrected chi connectivity index (χ0v) is 18.6. The average molecular weight is 434 g/mol. The molecule has 2 aromatic heterocycles. The molecule has 0 radical (unpaired) electrons. The molecular formula is C24H27N5OS. The predicted molar refractivity (Wildman–Crippen MR) is 127 cm³/mol. The molecule has 1 saturated heterocycles. The van der Waals surface area contributed by atoms with E-state index in [1.807, 2.05) is 49.4 Å². The van der Waals surface area contributed by atoms with Gasteiger partial charge in [-0.15, -0.1) is 0 Å². The van der Waals surface area contributed by atoms with Crippen molar-refractivity contribution in [1.29, 1.82) is 0 Å². The summed E-state index contributed by atoms with van der Waals surface area (Å²) in [5, 5.41) is 7.08. The summed E-state index contributed by atoms with van der Waals surface area (Å²) in [6.45, 7) is 5.52. The van der Waals surface area contributed by atoms with Crippen LogP contribution in [0.15, 0.2) is 67.0 Å². The number of carbonyl (C=O) groups is 1. The van der Waals surface area contributed by atoms with Gasteiger partial charge in [-0.3, -0.25) is 9.78 Å². The SMILES string of the molecule is CCn1cccc1[C@@H]1[C@@H](c2ccccn2)NC(=S)N1CCC(=O)Nc1cccc(C)c1. The zero-order valence-electron chi connectivity index (χ0n) is 17.8. The number of nitrogens with zero attached hydrogens (tertiary/aromatic N) is 3. The molecular weight excluding hydrogens is 406 g/mol. The number of benzene rings is 1. The average Bonchev–Trinajstić information content (AvgIpc) is 3.36. The number of aromatic nitrogens is 2. The van der Waals surface area contributed by atoms with Crippen LogP contribution in [-0.4, -0.2) is 32.0 Å². The lowest BCUT2D eigenvalue weighted by Gasteiger charge is -2.28. The van der Waals surface area contributed by atoms with Gasteiger partial charge in [0.05, 0.1) is 17.8 Å². The maximum atomic E-state index is 12.6. The van der Waals surface area contributed by atoms with Crippen molar-refractivity contribution >= 4 is 28.9 Å². The second-order valence-electron chi connectivity index (χ2n) is 7.71. The van der Waals surface area contributed by atoms with E-state index in [4.69, 9.17) is 12.2 Å². The number of carbonyl (C=O) groups excluding carboxylic acids is 1. The molecule has 31 heavy (non-hydrogen) atoms. The minimum absolute atomic E-state index is 0.0284. The molecule has 1 aromatic carbocycles. The van der Waals surface area contributed by atoms with E-state index < -0.39 is 0 Å². The number of aryl methyl sites for hydroxylation is 2. The lowest BCUT2D eigenvalue weighted by atomic mass is 10.0. The fraction of sp³-hybridized carbons (Fsp3) is 0.292. The molecule has 6 nitrogen and oxygen atoms in total. The van der Waals surface area contributed by atoms with Crippen LogP contribution in [0, 0.1) is 6.92 Å². The lowest BCUT2D eigenvalue weighted by molar-refractivity contribution is -0.116. The summed E-state index contributed by atoms with van der Waals surface area (Å²) in [7, 11) is 0. The van der Waals surface area contributed by atoms with Crippen molar-refractivity contribution in [3.05, 3.63) is 83.9 Å². The van der Waals surface area contributed by atoms with Gasteiger partial charge in [0, 0.05) is 43.3 Å². The van der Waals surface area contributed by atoms with Gasteiger partial charge in [-0.2, -0.15) is 0 Å². The smallest absolute Gasteiger partial charge is 0.226 e. The quantitative estimate of drug-likeness (QED) is 0.547. The molecule has 3 heterocycles. The van der Waals surface area contributed by atoms with Gasteiger partial charge in [0.15, 0.2) is 5.11 Å². The van der Waals surface area contributed by atoms with Crippen molar-refractivity contribution in [3.63, 3.8) is 0 Å². The minimum Gasteiger partial charge on any atom is -0.352 e. The van der Waals surface area contributed by atoms with E-state index in [-0.39, 0.29) is 18.0 Å². The molecule has 0 aliphatic carbocycles. The molecule has 0 unspecified atom stereocenters. The standard InChI is InChI=1S/C24H27N5OS/c1-3-28-14-7-11-20(28)23-22(19-10-4-5-13-25-19)27-24(31)29(23)15-12-21(30)26-18-9-6-8-17(2)16-18/h4-11,13-14,16,22-23H,3,12,15H2,1-2H3,(H,26,30)(H,27,31)/t22-,23-/m1/s1. The molecule has 1 amide bonds. The zero-order chi connectivity index (χ0) is 21.8. The second-order valence-corrected chi connectivity index (χ2v) is 8.09. The van der Waals surface area contributed by atoms with Gasteiger partial charge >= 0.3 is 0 Å². The monoisotopic (exact) mass is 433 g/mol. The number of anilines is 1. The third kappa shape index (κ3) is 4.61. The number of amides is 1. The minimum atomic E-state index is -0.0752. The van der Waals surface area contributed by atoms with Crippen LogP contribution in [0.4, 0.5) is 5.69 Å². The van der Waals surface area contributed by atoms with Crippen LogP contribution in [0.5, 0.6) is 0 Å². The van der Waals surface area contributed by atoms with E-state index in [0.717, 1.165) is 29.2 Å². The van der Waals surface area contributed by atoms with Crippen LogP contribution >= 0.6 is 12.2 Å². The van der Waals surface area contributed by atoms with Crippen molar-refractivity contribution in [2.75, 3.05) is 11.9 Å². The van der Waals surface area contributed by atoms with Crippen LogP contribution in [-0.2, 0) is 11.3 Å². The topological polar surface area (TPSA) is 62.2 Å². The molecule has 2 atom stereocenters. The molecule has 160 valence electrons. The van der Waals surface area contributed by atoms with Crippen LogP contribution < -0.4 is 10.6 Å². The maximum Gasteiger partial charge on any atom is 0.226 e.